The molecule has 1 aromatic heterocycles. The second-order valence-corrected chi connectivity index (χ2v) is 5.22. The number of hydrogen-bond donors (Lipinski definition) is 0. The van der Waals surface area contributed by atoms with Gasteiger partial charge < -0.3 is 4.74 Å². The molecule has 3 aromatic rings. The molecule has 7 nitrogen and oxygen atoms in total. The number of nitro groups is 1. The third kappa shape index (κ3) is 2.27. The first kappa shape index (κ1) is 13.6. The summed E-state index contributed by atoms with van der Waals surface area (Å²) < 4.78 is 7.50. The fraction of sp³-hybridized carbons (Fsp3) is 0.125. The van der Waals surface area contributed by atoms with E-state index in [0.717, 1.165) is 22.5 Å². The molecule has 1 aliphatic heterocycles. The lowest BCUT2D eigenvalue weighted by atomic mass is 10.1. The molecule has 0 amide bonds. The lowest BCUT2D eigenvalue weighted by Gasteiger charge is -2.05. The van der Waals surface area contributed by atoms with Crippen LogP contribution in [0.3, 0.4) is 0 Å². The van der Waals surface area contributed by atoms with Crippen molar-refractivity contribution < 1.29 is 9.66 Å². The molecular formula is C16H12N4O3. The molecule has 1 aliphatic rings. The Morgan fingerprint density at radius 2 is 1.87 bits per heavy atom. The first-order chi connectivity index (χ1) is 11.2. The third-order valence-electron chi connectivity index (χ3n) is 3.83. The predicted octanol–water partition coefficient (Wildman–Crippen LogP) is 2.87. The van der Waals surface area contributed by atoms with E-state index in [2.05, 4.69) is 10.3 Å². The van der Waals surface area contributed by atoms with E-state index in [1.807, 2.05) is 24.3 Å². The van der Waals surface area contributed by atoms with Crippen molar-refractivity contribution in [2.75, 3.05) is 0 Å². The highest BCUT2D eigenvalue weighted by atomic mass is 16.6. The van der Waals surface area contributed by atoms with E-state index in [0.29, 0.717) is 18.9 Å². The summed E-state index contributed by atoms with van der Waals surface area (Å²) in [5.74, 6) is 0. The van der Waals surface area contributed by atoms with Crippen LogP contribution in [0.1, 0.15) is 11.3 Å². The smallest absolute Gasteiger partial charge is 0.269 e. The Balaban J connectivity index is 1.82. The highest BCUT2D eigenvalue weighted by molar-refractivity contribution is 5.64. The van der Waals surface area contributed by atoms with E-state index in [1.54, 1.807) is 16.8 Å². The maximum Gasteiger partial charge on any atom is 0.269 e. The van der Waals surface area contributed by atoms with Crippen LogP contribution >= 0.6 is 0 Å². The van der Waals surface area contributed by atoms with Crippen LogP contribution in [0.15, 0.2) is 48.5 Å². The SMILES string of the molecule is O=[N+]([O-])c1ccc(-c2nnn3c2COCc2ccccc2-3)cc1. The van der Waals surface area contributed by atoms with Gasteiger partial charge in [0, 0.05) is 23.3 Å². The summed E-state index contributed by atoms with van der Waals surface area (Å²) in [5.41, 5.74) is 4.33. The summed E-state index contributed by atoms with van der Waals surface area (Å²) >= 11 is 0. The first-order valence-electron chi connectivity index (χ1n) is 7.09. The van der Waals surface area contributed by atoms with Crippen LogP contribution in [0.5, 0.6) is 0 Å². The van der Waals surface area contributed by atoms with Crippen molar-refractivity contribution in [2.45, 2.75) is 13.2 Å². The van der Waals surface area contributed by atoms with Gasteiger partial charge in [-0.05, 0) is 18.2 Å². The molecule has 0 bridgehead atoms. The molecule has 0 saturated carbocycles. The van der Waals surface area contributed by atoms with Crippen LogP contribution in [-0.2, 0) is 18.0 Å². The second kappa shape index (κ2) is 5.29. The van der Waals surface area contributed by atoms with Crippen molar-refractivity contribution in [1.82, 2.24) is 15.0 Å². The minimum atomic E-state index is -0.422. The van der Waals surface area contributed by atoms with Gasteiger partial charge in [-0.1, -0.05) is 23.4 Å². The van der Waals surface area contributed by atoms with Crippen molar-refractivity contribution in [3.8, 4) is 16.9 Å². The summed E-state index contributed by atoms with van der Waals surface area (Å²) in [6.07, 6.45) is 0. The summed E-state index contributed by atoms with van der Waals surface area (Å²) in [5, 5.41) is 19.3. The lowest BCUT2D eigenvalue weighted by Crippen LogP contribution is -2.02. The summed E-state index contributed by atoms with van der Waals surface area (Å²) in [6.45, 7) is 0.896. The molecule has 2 aromatic carbocycles. The van der Waals surface area contributed by atoms with Crippen LogP contribution in [0.25, 0.3) is 16.9 Å². The molecule has 0 atom stereocenters. The van der Waals surface area contributed by atoms with Crippen molar-refractivity contribution in [1.29, 1.82) is 0 Å². The normalized spacial score (nSPS) is 13.0. The van der Waals surface area contributed by atoms with E-state index in [9.17, 15) is 10.1 Å². The molecule has 0 saturated heterocycles. The average molecular weight is 308 g/mol. The van der Waals surface area contributed by atoms with E-state index >= 15 is 0 Å². The number of hydrogen-bond acceptors (Lipinski definition) is 5. The Bertz CT molecular complexity index is 887. The van der Waals surface area contributed by atoms with Gasteiger partial charge in [0.15, 0.2) is 0 Å². The summed E-state index contributed by atoms with van der Waals surface area (Å²) in [6, 6.07) is 14.2. The van der Waals surface area contributed by atoms with Crippen LogP contribution in [-0.4, -0.2) is 19.9 Å². The van der Waals surface area contributed by atoms with Crippen LogP contribution in [0.2, 0.25) is 0 Å². The fourth-order valence-corrected chi connectivity index (χ4v) is 2.69. The third-order valence-corrected chi connectivity index (χ3v) is 3.83. The number of nitrogens with zero attached hydrogens (tertiary/aromatic N) is 4. The number of non-ortho nitro benzene ring substituents is 1. The van der Waals surface area contributed by atoms with Crippen LogP contribution in [0.4, 0.5) is 5.69 Å². The lowest BCUT2D eigenvalue weighted by molar-refractivity contribution is -0.384. The van der Waals surface area contributed by atoms with E-state index in [4.69, 9.17) is 4.74 Å². The highest BCUT2D eigenvalue weighted by Crippen LogP contribution is 2.29. The zero-order valence-corrected chi connectivity index (χ0v) is 12.0. The Morgan fingerprint density at radius 1 is 1.09 bits per heavy atom. The van der Waals surface area contributed by atoms with Gasteiger partial charge in [-0.3, -0.25) is 10.1 Å². The monoisotopic (exact) mass is 308 g/mol. The molecular weight excluding hydrogens is 296 g/mol. The summed E-state index contributed by atoms with van der Waals surface area (Å²) in [4.78, 5) is 10.3. The molecule has 0 N–H and O–H groups in total. The van der Waals surface area contributed by atoms with Gasteiger partial charge in [0.05, 0.1) is 29.5 Å². The van der Waals surface area contributed by atoms with Crippen molar-refractivity contribution in [3.05, 3.63) is 69.9 Å². The van der Waals surface area contributed by atoms with Gasteiger partial charge in [0.25, 0.3) is 5.69 Å². The predicted molar refractivity (Wildman–Crippen MR) is 81.9 cm³/mol. The van der Waals surface area contributed by atoms with Crippen LogP contribution < -0.4 is 0 Å². The zero-order valence-electron chi connectivity index (χ0n) is 12.0. The van der Waals surface area contributed by atoms with Gasteiger partial charge in [-0.15, -0.1) is 5.10 Å². The van der Waals surface area contributed by atoms with Gasteiger partial charge in [-0.2, -0.15) is 0 Å². The van der Waals surface area contributed by atoms with E-state index in [-0.39, 0.29) is 5.69 Å². The molecule has 0 radical (unpaired) electrons. The molecule has 23 heavy (non-hydrogen) atoms. The zero-order chi connectivity index (χ0) is 15.8. The van der Waals surface area contributed by atoms with Gasteiger partial charge in [0.2, 0.25) is 0 Å². The quantitative estimate of drug-likeness (QED) is 0.537. The number of fused-ring (bicyclic) bond motifs is 3. The topological polar surface area (TPSA) is 83.1 Å². The number of nitro benzene ring substituents is 1. The average Bonchev–Trinajstić information content (AvgIpc) is 2.90. The Hall–Kier alpha value is -3.06. The molecule has 0 spiro atoms. The molecule has 4 rings (SSSR count). The van der Waals surface area contributed by atoms with Gasteiger partial charge in [0.1, 0.15) is 5.69 Å². The molecule has 2 heterocycles. The largest absolute Gasteiger partial charge is 0.370 e. The van der Waals surface area contributed by atoms with Crippen LogP contribution in [0, 0.1) is 10.1 Å². The Labute approximate surface area is 131 Å². The number of rotatable bonds is 2. The van der Waals surface area contributed by atoms with Crippen molar-refractivity contribution in [3.63, 3.8) is 0 Å². The Morgan fingerprint density at radius 3 is 2.65 bits per heavy atom. The molecule has 0 unspecified atom stereocenters. The van der Waals surface area contributed by atoms with E-state index in [1.165, 1.54) is 12.1 Å². The first-order valence-corrected chi connectivity index (χ1v) is 7.09. The number of para-hydroxylation sites is 1. The highest BCUT2D eigenvalue weighted by Gasteiger charge is 2.21. The maximum atomic E-state index is 10.8. The molecule has 114 valence electrons. The molecule has 0 fully saturated rings. The number of benzene rings is 2. The number of aromatic nitrogens is 3. The fourth-order valence-electron chi connectivity index (χ4n) is 2.69. The minimum Gasteiger partial charge on any atom is -0.370 e. The van der Waals surface area contributed by atoms with Crippen molar-refractivity contribution >= 4 is 5.69 Å². The van der Waals surface area contributed by atoms with E-state index < -0.39 is 4.92 Å². The van der Waals surface area contributed by atoms with Gasteiger partial charge in [-0.25, -0.2) is 4.68 Å². The molecule has 0 aliphatic carbocycles. The summed E-state index contributed by atoms with van der Waals surface area (Å²) in [7, 11) is 0. The standard InChI is InChI=1S/C16H12N4O3/c21-20(22)13-7-5-11(6-8-13)16-15-10-23-9-12-3-1-2-4-14(12)19(15)18-17-16/h1-8H,9-10H2. The van der Waals surface area contributed by atoms with Gasteiger partial charge >= 0.3 is 0 Å². The van der Waals surface area contributed by atoms with Crippen molar-refractivity contribution in [2.24, 2.45) is 0 Å². The number of ether oxygens (including phenoxy) is 1. The minimum absolute atomic E-state index is 0.0496. The second-order valence-electron chi connectivity index (χ2n) is 5.22. The molecule has 7 heteroatoms. The Kier molecular flexibility index (Phi) is 3.13. The maximum absolute atomic E-state index is 10.8.